The molecule has 1 aromatic heterocycles. The summed E-state index contributed by atoms with van der Waals surface area (Å²) in [5, 5.41) is 4.06. The van der Waals surface area contributed by atoms with Gasteiger partial charge in [-0.3, -0.25) is 4.79 Å². The molecule has 1 aliphatic carbocycles. The van der Waals surface area contributed by atoms with Crippen LogP contribution in [0.5, 0.6) is 5.75 Å². The Morgan fingerprint density at radius 3 is 2.88 bits per heavy atom. The van der Waals surface area contributed by atoms with E-state index in [0.717, 1.165) is 43.5 Å². The third-order valence-corrected chi connectivity index (χ3v) is 4.94. The number of ether oxygens (including phenoxy) is 1. The molecule has 2 aromatic rings. The lowest BCUT2D eigenvalue weighted by molar-refractivity contribution is -0.138. The number of aromatic nitrogens is 2. The van der Waals surface area contributed by atoms with Crippen LogP contribution in [0.1, 0.15) is 44.9 Å². The highest BCUT2D eigenvalue weighted by Gasteiger charge is 2.29. The second-order valence-corrected chi connectivity index (χ2v) is 6.80. The van der Waals surface area contributed by atoms with E-state index in [4.69, 9.17) is 9.26 Å². The van der Waals surface area contributed by atoms with Crippen LogP contribution in [0.2, 0.25) is 0 Å². The lowest BCUT2D eigenvalue weighted by Crippen LogP contribution is -2.40. The van der Waals surface area contributed by atoms with E-state index in [-0.39, 0.29) is 11.8 Å². The zero-order chi connectivity index (χ0) is 18.4. The van der Waals surface area contributed by atoms with E-state index in [1.165, 1.54) is 6.42 Å². The first kappa shape index (κ1) is 18.4. The molecule has 6 nitrogen and oxygen atoms in total. The zero-order valence-corrected chi connectivity index (χ0v) is 15.6. The average molecular weight is 357 g/mol. The van der Waals surface area contributed by atoms with Gasteiger partial charge in [0.2, 0.25) is 17.6 Å². The van der Waals surface area contributed by atoms with Crippen molar-refractivity contribution in [1.82, 2.24) is 15.0 Å². The number of carbonyl (C=O) groups excluding carboxylic acids is 1. The maximum absolute atomic E-state index is 12.6. The van der Waals surface area contributed by atoms with Crippen molar-refractivity contribution in [2.45, 2.75) is 45.4 Å². The molecule has 0 atom stereocenters. The zero-order valence-electron chi connectivity index (χ0n) is 15.6. The maximum atomic E-state index is 12.6. The number of benzene rings is 1. The van der Waals surface area contributed by atoms with Crippen LogP contribution >= 0.6 is 0 Å². The normalized spacial score (nSPS) is 14.1. The first-order valence-electron chi connectivity index (χ1n) is 9.47. The minimum absolute atomic E-state index is 0.224. The molecule has 0 radical (unpaired) electrons. The minimum Gasteiger partial charge on any atom is -0.497 e. The lowest BCUT2D eigenvalue weighted by atomic mass is 9.84. The van der Waals surface area contributed by atoms with Gasteiger partial charge in [-0.15, -0.1) is 0 Å². The van der Waals surface area contributed by atoms with Crippen molar-refractivity contribution in [3.05, 3.63) is 30.2 Å². The largest absolute Gasteiger partial charge is 0.497 e. The first-order chi connectivity index (χ1) is 12.7. The van der Waals surface area contributed by atoms with Crippen molar-refractivity contribution in [1.29, 1.82) is 0 Å². The fourth-order valence-electron chi connectivity index (χ4n) is 3.06. The van der Waals surface area contributed by atoms with Crippen molar-refractivity contribution < 1.29 is 14.1 Å². The molecule has 1 amide bonds. The smallest absolute Gasteiger partial charge is 0.228 e. The molecule has 1 fully saturated rings. The predicted molar refractivity (Wildman–Crippen MR) is 98.8 cm³/mol. The number of carbonyl (C=O) groups is 1. The maximum Gasteiger partial charge on any atom is 0.228 e. The van der Waals surface area contributed by atoms with Crippen LogP contribution in [-0.2, 0) is 11.2 Å². The summed E-state index contributed by atoms with van der Waals surface area (Å²) >= 11 is 0. The number of hydrogen-bond acceptors (Lipinski definition) is 5. The monoisotopic (exact) mass is 357 g/mol. The highest BCUT2D eigenvalue weighted by molar-refractivity contribution is 5.79. The summed E-state index contributed by atoms with van der Waals surface area (Å²) in [4.78, 5) is 19.0. The molecule has 0 aliphatic heterocycles. The summed E-state index contributed by atoms with van der Waals surface area (Å²) < 4.78 is 10.6. The van der Waals surface area contributed by atoms with Crippen molar-refractivity contribution in [2.24, 2.45) is 5.92 Å². The third kappa shape index (κ3) is 4.42. The van der Waals surface area contributed by atoms with Crippen LogP contribution in [0.25, 0.3) is 11.4 Å². The van der Waals surface area contributed by atoms with Gasteiger partial charge in [0.25, 0.3) is 0 Å². The molecule has 0 N–H and O–H groups in total. The molecule has 0 saturated heterocycles. The Balaban J connectivity index is 1.62. The highest BCUT2D eigenvalue weighted by atomic mass is 16.5. The van der Waals surface area contributed by atoms with E-state index >= 15 is 0 Å². The number of amides is 1. The van der Waals surface area contributed by atoms with Crippen molar-refractivity contribution >= 4 is 5.91 Å². The minimum atomic E-state index is 0.224. The fraction of sp³-hybridized carbons (Fsp3) is 0.550. The van der Waals surface area contributed by atoms with Crippen molar-refractivity contribution in [3.63, 3.8) is 0 Å². The van der Waals surface area contributed by atoms with E-state index in [1.54, 1.807) is 7.11 Å². The van der Waals surface area contributed by atoms with Gasteiger partial charge in [0.1, 0.15) is 5.75 Å². The highest BCUT2D eigenvalue weighted by Crippen LogP contribution is 2.28. The second-order valence-electron chi connectivity index (χ2n) is 6.80. The van der Waals surface area contributed by atoms with Gasteiger partial charge in [-0.05, 0) is 31.4 Å². The van der Waals surface area contributed by atoms with Gasteiger partial charge in [-0.1, -0.05) is 37.1 Å². The van der Waals surface area contributed by atoms with E-state index in [2.05, 4.69) is 17.1 Å². The van der Waals surface area contributed by atoms with Crippen LogP contribution in [0, 0.1) is 5.92 Å². The van der Waals surface area contributed by atoms with Crippen molar-refractivity contribution in [3.8, 4) is 17.1 Å². The van der Waals surface area contributed by atoms with E-state index in [0.29, 0.717) is 24.7 Å². The molecule has 1 aliphatic rings. The Kier molecular flexibility index (Phi) is 6.26. The Labute approximate surface area is 154 Å². The Morgan fingerprint density at radius 2 is 2.19 bits per heavy atom. The first-order valence-corrected chi connectivity index (χ1v) is 9.47. The predicted octanol–water partition coefficient (Wildman–Crippen LogP) is 3.72. The number of hydrogen-bond donors (Lipinski definition) is 0. The van der Waals surface area contributed by atoms with Crippen molar-refractivity contribution in [2.75, 3.05) is 20.2 Å². The molecule has 26 heavy (non-hydrogen) atoms. The molecule has 1 saturated carbocycles. The summed E-state index contributed by atoms with van der Waals surface area (Å²) in [6.45, 7) is 3.59. The molecule has 0 unspecified atom stereocenters. The fourth-order valence-corrected chi connectivity index (χ4v) is 3.06. The molecule has 0 bridgehead atoms. The second kappa shape index (κ2) is 8.83. The van der Waals surface area contributed by atoms with Gasteiger partial charge in [-0.2, -0.15) is 4.98 Å². The van der Waals surface area contributed by atoms with Gasteiger partial charge in [0.05, 0.1) is 7.11 Å². The van der Waals surface area contributed by atoms with Gasteiger partial charge in [0.15, 0.2) is 0 Å². The SMILES string of the molecule is CCCCN(CCc1nc(-c2cccc(OC)c2)no1)C(=O)C1CCC1. The Hall–Kier alpha value is -2.37. The van der Waals surface area contributed by atoms with Crippen LogP contribution in [0.3, 0.4) is 0 Å². The number of methoxy groups -OCH3 is 1. The third-order valence-electron chi connectivity index (χ3n) is 4.94. The summed E-state index contributed by atoms with van der Waals surface area (Å²) in [6.07, 6.45) is 5.92. The Bertz CT molecular complexity index is 725. The molecule has 0 spiro atoms. The number of rotatable bonds is 9. The number of unbranched alkanes of at least 4 members (excludes halogenated alkanes) is 1. The lowest BCUT2D eigenvalue weighted by Gasteiger charge is -2.31. The molecule has 1 aromatic carbocycles. The summed E-state index contributed by atoms with van der Waals surface area (Å²) in [6, 6.07) is 7.57. The number of nitrogens with zero attached hydrogens (tertiary/aromatic N) is 3. The topological polar surface area (TPSA) is 68.5 Å². The molecule has 6 heteroatoms. The molecule has 1 heterocycles. The molecule has 140 valence electrons. The van der Waals surface area contributed by atoms with Crippen LogP contribution in [0.15, 0.2) is 28.8 Å². The summed E-state index contributed by atoms with van der Waals surface area (Å²) in [7, 11) is 1.63. The standard InChI is InChI=1S/C20H27N3O3/c1-3-4-12-23(20(24)15-7-5-8-15)13-11-18-21-19(22-26-18)16-9-6-10-17(14-16)25-2/h6,9-10,14-15H,3-5,7-8,11-13H2,1-2H3. The van der Waals surface area contributed by atoms with E-state index in [9.17, 15) is 4.79 Å². The van der Waals surface area contributed by atoms with Crippen LogP contribution in [-0.4, -0.2) is 41.1 Å². The van der Waals surface area contributed by atoms with Gasteiger partial charge in [0, 0.05) is 31.0 Å². The average Bonchev–Trinajstić information content (AvgIpc) is 3.09. The van der Waals surface area contributed by atoms with Gasteiger partial charge in [-0.25, -0.2) is 0 Å². The molecule has 3 rings (SSSR count). The molecular weight excluding hydrogens is 330 g/mol. The molecular formula is C20H27N3O3. The van der Waals surface area contributed by atoms with Gasteiger partial charge >= 0.3 is 0 Å². The van der Waals surface area contributed by atoms with E-state index < -0.39 is 0 Å². The summed E-state index contributed by atoms with van der Waals surface area (Å²) in [5.74, 6) is 2.37. The van der Waals surface area contributed by atoms with Crippen LogP contribution in [0.4, 0.5) is 0 Å². The Morgan fingerprint density at radius 1 is 1.35 bits per heavy atom. The van der Waals surface area contributed by atoms with Crippen LogP contribution < -0.4 is 4.74 Å². The van der Waals surface area contributed by atoms with E-state index in [1.807, 2.05) is 29.2 Å². The summed E-state index contributed by atoms with van der Waals surface area (Å²) in [5.41, 5.74) is 0.854. The quantitative estimate of drug-likeness (QED) is 0.684. The van der Waals surface area contributed by atoms with Gasteiger partial charge < -0.3 is 14.2 Å².